The van der Waals surface area contributed by atoms with Crippen LogP contribution in [0.25, 0.3) is 0 Å². The summed E-state index contributed by atoms with van der Waals surface area (Å²) in [4.78, 5) is 20.2. The SMILES string of the molecule is C=C1CC(=O)c2cnc(NC3CC3)nc2C1. The molecule has 0 aromatic carbocycles. The first-order chi connectivity index (χ1) is 7.72. The molecule has 1 N–H and O–H groups in total. The van der Waals surface area contributed by atoms with Crippen LogP contribution in [0.3, 0.4) is 0 Å². The molecule has 1 heterocycles. The standard InChI is InChI=1S/C12H13N3O/c1-7-4-10-9(11(16)5-7)6-13-12(15-10)14-8-2-3-8/h6,8H,1-5H2,(H,13,14,15). The zero-order valence-electron chi connectivity index (χ0n) is 8.99. The second-order valence-electron chi connectivity index (χ2n) is 4.50. The Morgan fingerprint density at radius 1 is 1.38 bits per heavy atom. The number of Topliss-reactive ketones (excluding diaryl/α,β-unsaturated/α-hetero) is 1. The van der Waals surface area contributed by atoms with Crippen molar-refractivity contribution in [2.24, 2.45) is 0 Å². The van der Waals surface area contributed by atoms with Gasteiger partial charge in [0.2, 0.25) is 5.95 Å². The van der Waals surface area contributed by atoms with Gasteiger partial charge in [-0.1, -0.05) is 12.2 Å². The van der Waals surface area contributed by atoms with Crippen molar-refractivity contribution < 1.29 is 4.79 Å². The van der Waals surface area contributed by atoms with Gasteiger partial charge >= 0.3 is 0 Å². The van der Waals surface area contributed by atoms with Gasteiger partial charge in [-0.25, -0.2) is 9.97 Å². The van der Waals surface area contributed by atoms with E-state index < -0.39 is 0 Å². The molecule has 1 fully saturated rings. The molecule has 1 saturated carbocycles. The highest BCUT2D eigenvalue weighted by molar-refractivity contribution is 5.99. The second kappa shape index (κ2) is 3.40. The van der Waals surface area contributed by atoms with Gasteiger partial charge in [-0.3, -0.25) is 4.79 Å². The number of fused-ring (bicyclic) bond motifs is 1. The first kappa shape index (κ1) is 9.51. The predicted octanol–water partition coefficient (Wildman–Crippen LogP) is 1.74. The fraction of sp³-hybridized carbons (Fsp3) is 0.417. The van der Waals surface area contributed by atoms with Crippen molar-refractivity contribution >= 4 is 11.7 Å². The van der Waals surface area contributed by atoms with Crippen LogP contribution in [0.15, 0.2) is 18.3 Å². The van der Waals surface area contributed by atoms with Crippen LogP contribution in [0.5, 0.6) is 0 Å². The van der Waals surface area contributed by atoms with Crippen LogP contribution in [0.1, 0.15) is 35.3 Å². The molecular formula is C12H13N3O. The van der Waals surface area contributed by atoms with E-state index in [9.17, 15) is 4.79 Å². The Morgan fingerprint density at radius 3 is 2.94 bits per heavy atom. The molecule has 2 aliphatic rings. The van der Waals surface area contributed by atoms with Crippen LogP contribution >= 0.6 is 0 Å². The minimum absolute atomic E-state index is 0.0872. The number of ketones is 1. The average Bonchev–Trinajstić information content (AvgIpc) is 3.00. The number of nitrogens with zero attached hydrogens (tertiary/aromatic N) is 2. The fourth-order valence-corrected chi connectivity index (χ4v) is 1.89. The van der Waals surface area contributed by atoms with Gasteiger partial charge in [0.15, 0.2) is 5.78 Å². The third kappa shape index (κ3) is 1.71. The summed E-state index contributed by atoms with van der Waals surface area (Å²) in [6.07, 6.45) is 5.15. The van der Waals surface area contributed by atoms with Gasteiger partial charge in [0.05, 0.1) is 11.3 Å². The van der Waals surface area contributed by atoms with Gasteiger partial charge in [0.1, 0.15) is 0 Å². The molecular weight excluding hydrogens is 202 g/mol. The van der Waals surface area contributed by atoms with Crippen molar-refractivity contribution in [2.45, 2.75) is 31.7 Å². The summed E-state index contributed by atoms with van der Waals surface area (Å²) >= 11 is 0. The van der Waals surface area contributed by atoms with Gasteiger partial charge in [-0.2, -0.15) is 0 Å². The summed E-state index contributed by atoms with van der Waals surface area (Å²) < 4.78 is 0. The topological polar surface area (TPSA) is 54.9 Å². The number of carbonyl (C=O) groups is 1. The highest BCUT2D eigenvalue weighted by atomic mass is 16.1. The highest BCUT2D eigenvalue weighted by Crippen LogP contribution is 2.26. The van der Waals surface area contributed by atoms with Gasteiger partial charge in [0.25, 0.3) is 0 Å². The summed E-state index contributed by atoms with van der Waals surface area (Å²) in [6, 6.07) is 0.528. The molecule has 0 radical (unpaired) electrons. The maximum atomic E-state index is 11.7. The molecule has 0 amide bonds. The number of aromatic nitrogens is 2. The number of hydrogen-bond acceptors (Lipinski definition) is 4. The first-order valence-corrected chi connectivity index (χ1v) is 5.54. The van der Waals surface area contributed by atoms with Crippen molar-refractivity contribution in [3.8, 4) is 0 Å². The molecule has 0 saturated heterocycles. The van der Waals surface area contributed by atoms with Gasteiger partial charge in [0, 0.05) is 25.1 Å². The summed E-state index contributed by atoms with van der Waals surface area (Å²) in [7, 11) is 0. The summed E-state index contributed by atoms with van der Waals surface area (Å²) in [6.45, 7) is 3.86. The Balaban J connectivity index is 1.93. The molecule has 1 aromatic heterocycles. The Bertz CT molecular complexity index is 477. The molecule has 4 nitrogen and oxygen atoms in total. The van der Waals surface area contributed by atoms with Gasteiger partial charge < -0.3 is 5.32 Å². The number of anilines is 1. The summed E-state index contributed by atoms with van der Waals surface area (Å²) in [5.41, 5.74) is 2.42. The van der Waals surface area contributed by atoms with Crippen LogP contribution in [0.4, 0.5) is 5.95 Å². The lowest BCUT2D eigenvalue weighted by atomic mass is 9.93. The van der Waals surface area contributed by atoms with Crippen LogP contribution in [0.2, 0.25) is 0 Å². The van der Waals surface area contributed by atoms with E-state index in [1.807, 2.05) is 0 Å². The van der Waals surface area contributed by atoms with Crippen molar-refractivity contribution in [2.75, 3.05) is 5.32 Å². The van der Waals surface area contributed by atoms with Crippen molar-refractivity contribution in [1.29, 1.82) is 0 Å². The normalized spacial score (nSPS) is 19.5. The van der Waals surface area contributed by atoms with Crippen LogP contribution < -0.4 is 5.32 Å². The predicted molar refractivity (Wildman–Crippen MR) is 60.5 cm³/mol. The van der Waals surface area contributed by atoms with Crippen molar-refractivity contribution in [1.82, 2.24) is 9.97 Å². The minimum Gasteiger partial charge on any atom is -0.351 e. The fourth-order valence-electron chi connectivity index (χ4n) is 1.89. The van der Waals surface area contributed by atoms with Crippen LogP contribution in [0, 0.1) is 0 Å². The lowest BCUT2D eigenvalue weighted by Gasteiger charge is -2.16. The second-order valence-corrected chi connectivity index (χ2v) is 4.50. The number of nitrogens with one attached hydrogen (secondary N) is 1. The van der Waals surface area contributed by atoms with E-state index in [0.717, 1.165) is 11.3 Å². The van der Waals surface area contributed by atoms with Gasteiger partial charge in [-0.05, 0) is 12.8 Å². The lowest BCUT2D eigenvalue weighted by molar-refractivity contribution is 0.0986. The van der Waals surface area contributed by atoms with Gasteiger partial charge in [-0.15, -0.1) is 0 Å². The van der Waals surface area contributed by atoms with E-state index in [2.05, 4.69) is 21.9 Å². The van der Waals surface area contributed by atoms with E-state index in [1.54, 1.807) is 6.20 Å². The third-order valence-electron chi connectivity index (χ3n) is 2.91. The highest BCUT2D eigenvalue weighted by Gasteiger charge is 2.24. The summed E-state index contributed by atoms with van der Waals surface area (Å²) in [5.74, 6) is 0.730. The largest absolute Gasteiger partial charge is 0.351 e. The van der Waals surface area contributed by atoms with E-state index in [-0.39, 0.29) is 5.78 Å². The Hall–Kier alpha value is -1.71. The molecule has 1 aromatic rings. The number of carbonyl (C=O) groups excluding carboxylic acids is 1. The lowest BCUT2D eigenvalue weighted by Crippen LogP contribution is -2.17. The zero-order chi connectivity index (χ0) is 11.1. The molecule has 0 unspecified atom stereocenters. The molecule has 0 atom stereocenters. The van der Waals surface area contributed by atoms with Crippen molar-refractivity contribution in [3.05, 3.63) is 29.6 Å². The summed E-state index contributed by atoms with van der Waals surface area (Å²) in [5, 5.41) is 3.23. The molecule has 2 aliphatic carbocycles. The average molecular weight is 215 g/mol. The van der Waals surface area contributed by atoms with E-state index in [0.29, 0.717) is 30.4 Å². The van der Waals surface area contributed by atoms with E-state index in [1.165, 1.54) is 12.8 Å². The molecule has 0 aliphatic heterocycles. The molecule has 82 valence electrons. The van der Waals surface area contributed by atoms with Crippen molar-refractivity contribution in [3.63, 3.8) is 0 Å². The number of rotatable bonds is 2. The quantitative estimate of drug-likeness (QED) is 0.763. The maximum Gasteiger partial charge on any atom is 0.223 e. The Labute approximate surface area is 93.8 Å². The molecule has 3 rings (SSSR count). The molecule has 0 spiro atoms. The number of allylic oxidation sites excluding steroid dienone is 1. The van der Waals surface area contributed by atoms with Crippen LogP contribution in [-0.2, 0) is 6.42 Å². The van der Waals surface area contributed by atoms with E-state index in [4.69, 9.17) is 0 Å². The monoisotopic (exact) mass is 215 g/mol. The number of hydrogen-bond donors (Lipinski definition) is 1. The molecule has 16 heavy (non-hydrogen) atoms. The smallest absolute Gasteiger partial charge is 0.223 e. The molecule has 0 bridgehead atoms. The Kier molecular flexibility index (Phi) is 2.02. The first-order valence-electron chi connectivity index (χ1n) is 5.54. The minimum atomic E-state index is 0.0872. The molecule has 4 heteroatoms. The van der Waals surface area contributed by atoms with Crippen LogP contribution in [-0.4, -0.2) is 21.8 Å². The third-order valence-corrected chi connectivity index (χ3v) is 2.91. The maximum absolute atomic E-state index is 11.7. The Morgan fingerprint density at radius 2 is 2.19 bits per heavy atom. The van der Waals surface area contributed by atoms with E-state index >= 15 is 0 Å². The zero-order valence-corrected chi connectivity index (χ0v) is 8.99.